The van der Waals surface area contributed by atoms with E-state index in [1.807, 2.05) is 24.3 Å². The van der Waals surface area contributed by atoms with Crippen molar-refractivity contribution in [1.82, 2.24) is 9.62 Å². The highest BCUT2D eigenvalue weighted by molar-refractivity contribution is 7.90. The predicted molar refractivity (Wildman–Crippen MR) is 154 cm³/mol. The van der Waals surface area contributed by atoms with Gasteiger partial charge >= 0.3 is 0 Å². The van der Waals surface area contributed by atoms with Gasteiger partial charge in [0.15, 0.2) is 5.78 Å². The quantitative estimate of drug-likeness (QED) is 0.481. The maximum Gasteiger partial charge on any atom is 0.264 e. The van der Waals surface area contributed by atoms with Crippen LogP contribution in [0.15, 0.2) is 66.1 Å². The van der Waals surface area contributed by atoms with Crippen molar-refractivity contribution in [1.29, 1.82) is 0 Å². The van der Waals surface area contributed by atoms with Crippen LogP contribution in [0.5, 0.6) is 0 Å². The van der Waals surface area contributed by atoms with Crippen molar-refractivity contribution in [3.05, 3.63) is 82.3 Å². The Balaban J connectivity index is 1.55. The molecule has 6 rings (SSSR count). The van der Waals surface area contributed by atoms with Gasteiger partial charge in [-0.2, -0.15) is 0 Å². The minimum absolute atomic E-state index is 0.0362. The molecule has 2 bridgehead atoms. The maximum atomic E-state index is 13.4. The van der Waals surface area contributed by atoms with Crippen molar-refractivity contribution in [3.8, 4) is 0 Å². The Morgan fingerprint density at radius 3 is 2.83 bits per heavy atom. The smallest absolute Gasteiger partial charge is 0.264 e. The number of sulfonamides is 1. The summed E-state index contributed by atoms with van der Waals surface area (Å²) in [5, 5.41) is -0.176. The molecule has 0 aromatic heterocycles. The number of hydrogen-bond donors (Lipinski definition) is 1. The molecule has 212 valence electrons. The van der Waals surface area contributed by atoms with Crippen LogP contribution in [-0.4, -0.2) is 50.0 Å². The lowest BCUT2D eigenvalue weighted by molar-refractivity contribution is -0.123. The van der Waals surface area contributed by atoms with Gasteiger partial charge < -0.3 is 9.64 Å². The van der Waals surface area contributed by atoms with E-state index in [0.29, 0.717) is 31.1 Å². The van der Waals surface area contributed by atoms with Gasteiger partial charge in [-0.3, -0.25) is 9.59 Å². The molecular formula is C31H35ClN2O5S. The summed E-state index contributed by atoms with van der Waals surface area (Å²) in [5.41, 5.74) is 3.11. The summed E-state index contributed by atoms with van der Waals surface area (Å²) < 4.78 is 35.2. The highest BCUT2D eigenvalue weighted by Crippen LogP contribution is 2.44. The van der Waals surface area contributed by atoms with E-state index in [2.05, 4.69) is 15.7 Å². The predicted octanol–water partition coefficient (Wildman–Crippen LogP) is 4.59. The molecule has 1 spiro atoms. The molecule has 40 heavy (non-hydrogen) atoms. The number of benzene rings is 1. The van der Waals surface area contributed by atoms with Gasteiger partial charge in [0, 0.05) is 46.6 Å². The summed E-state index contributed by atoms with van der Waals surface area (Å²) in [7, 11) is -3.98. The molecule has 3 heterocycles. The van der Waals surface area contributed by atoms with Crippen molar-refractivity contribution >= 4 is 33.3 Å². The SMILES string of the molecule is C[C@H]1C2C/C=C/C(=O)[C@@H]3CC[C@H]3CN3C[C@@]4(CCCc5cc(Cl)ccc54)COC=CC=C(C=C23)C(=O)NS1(=O)=O. The van der Waals surface area contributed by atoms with Gasteiger partial charge in [-0.1, -0.05) is 23.7 Å². The lowest BCUT2D eigenvalue weighted by Crippen LogP contribution is -2.52. The van der Waals surface area contributed by atoms with Crippen LogP contribution < -0.4 is 4.72 Å². The number of carbonyl (C=O) groups excluding carboxylic acids is 2. The van der Waals surface area contributed by atoms with Gasteiger partial charge in [0.1, 0.15) is 0 Å². The van der Waals surface area contributed by atoms with Crippen LogP contribution in [0.1, 0.15) is 50.2 Å². The summed E-state index contributed by atoms with van der Waals surface area (Å²) in [6.45, 7) is 3.29. The van der Waals surface area contributed by atoms with Gasteiger partial charge in [-0.15, -0.1) is 0 Å². The minimum atomic E-state index is -3.98. The molecule has 1 aromatic rings. The Kier molecular flexibility index (Phi) is 7.20. The number of aryl methyl sites for hydroxylation is 1. The van der Waals surface area contributed by atoms with Gasteiger partial charge in [0.05, 0.1) is 18.1 Å². The zero-order chi connectivity index (χ0) is 28.1. The Morgan fingerprint density at radius 2 is 2.02 bits per heavy atom. The van der Waals surface area contributed by atoms with E-state index in [1.165, 1.54) is 11.1 Å². The van der Waals surface area contributed by atoms with Crippen LogP contribution >= 0.6 is 11.6 Å². The number of amides is 1. The number of allylic oxidation sites excluding steroid dienone is 5. The fourth-order valence-corrected chi connectivity index (χ4v) is 8.60. The summed E-state index contributed by atoms with van der Waals surface area (Å²) in [4.78, 5) is 28.5. The Labute approximate surface area is 241 Å². The topological polar surface area (TPSA) is 92.8 Å². The number of ketones is 1. The number of halogens is 1. The van der Waals surface area contributed by atoms with E-state index in [9.17, 15) is 18.0 Å². The summed E-state index contributed by atoms with van der Waals surface area (Å²) >= 11 is 6.40. The zero-order valence-electron chi connectivity index (χ0n) is 22.6. The lowest BCUT2D eigenvalue weighted by atomic mass is 9.68. The van der Waals surface area contributed by atoms with E-state index in [4.69, 9.17) is 16.3 Å². The van der Waals surface area contributed by atoms with Gasteiger partial charge in [-0.25, -0.2) is 13.1 Å². The molecule has 3 aliphatic heterocycles. The van der Waals surface area contributed by atoms with Crippen LogP contribution in [0, 0.1) is 17.8 Å². The average Bonchev–Trinajstić information content (AvgIpc) is 2.91. The van der Waals surface area contributed by atoms with Crippen molar-refractivity contribution < 1.29 is 22.7 Å². The molecule has 1 fully saturated rings. The second kappa shape index (κ2) is 10.5. The molecule has 1 amide bonds. The van der Waals surface area contributed by atoms with Crippen LogP contribution in [0.25, 0.3) is 0 Å². The molecule has 1 saturated carbocycles. The molecule has 2 aliphatic carbocycles. The first kappa shape index (κ1) is 27.3. The fourth-order valence-electron chi connectivity index (χ4n) is 7.16. The monoisotopic (exact) mass is 582 g/mol. The number of ether oxygens (including phenoxy) is 1. The van der Waals surface area contributed by atoms with Gasteiger partial charge in [-0.05, 0) is 98.9 Å². The highest BCUT2D eigenvalue weighted by atomic mass is 35.5. The van der Waals surface area contributed by atoms with Gasteiger partial charge in [0.25, 0.3) is 5.91 Å². The molecule has 0 saturated heterocycles. The third-order valence-corrected chi connectivity index (χ3v) is 11.6. The zero-order valence-corrected chi connectivity index (χ0v) is 24.2. The van der Waals surface area contributed by atoms with Crippen molar-refractivity contribution in [2.24, 2.45) is 17.8 Å². The standard InChI is InChI=1S/C31H35ClN2O5S/c1-20-25-7-2-8-29(35)26-11-9-23(26)17-34-18-31(13-3-5-21-15-24(32)10-12-27(21)31)19-39-14-4-6-22(16-28(25)34)30(36)33-40(20,37)38/h2,4,6,8,10,12,14-16,20,23,25-26H,3,5,7,9,11,13,17-19H2,1H3,(H,33,36)/b8-2+,14-4?,22-6?,28-16?/t20-,23-,25?,26+,31-/m0/s1. The summed E-state index contributed by atoms with van der Waals surface area (Å²) in [5.74, 6) is -0.864. The highest BCUT2D eigenvalue weighted by Gasteiger charge is 2.45. The average molecular weight is 583 g/mol. The molecule has 5 atom stereocenters. The fraction of sp³-hybridized carbons (Fsp3) is 0.484. The van der Waals surface area contributed by atoms with Gasteiger partial charge in [0.2, 0.25) is 10.0 Å². The number of hydrogen-bond acceptors (Lipinski definition) is 6. The first-order valence-electron chi connectivity index (χ1n) is 14.2. The number of nitrogens with zero attached hydrogens (tertiary/aromatic N) is 1. The molecule has 1 aromatic carbocycles. The molecule has 7 nitrogen and oxygen atoms in total. The maximum absolute atomic E-state index is 13.4. The van der Waals surface area contributed by atoms with E-state index < -0.39 is 27.1 Å². The van der Waals surface area contributed by atoms with E-state index in [1.54, 1.807) is 31.4 Å². The Bertz CT molecular complexity index is 1460. The summed E-state index contributed by atoms with van der Waals surface area (Å²) in [6.07, 6.45) is 15.2. The Morgan fingerprint density at radius 1 is 1.18 bits per heavy atom. The second-order valence-electron chi connectivity index (χ2n) is 11.9. The van der Waals surface area contributed by atoms with Crippen molar-refractivity contribution in [3.63, 3.8) is 0 Å². The number of fused-ring (bicyclic) bond motifs is 4. The number of rotatable bonds is 0. The molecule has 1 N–H and O–H groups in total. The number of nitrogens with one attached hydrogen (secondary N) is 1. The third-order valence-electron chi connectivity index (χ3n) is 9.56. The Hall–Kier alpha value is -2.84. The molecule has 0 radical (unpaired) electrons. The van der Waals surface area contributed by atoms with Crippen LogP contribution in [0.4, 0.5) is 0 Å². The van der Waals surface area contributed by atoms with Crippen molar-refractivity contribution in [2.75, 3.05) is 19.7 Å². The summed E-state index contributed by atoms with van der Waals surface area (Å²) in [6, 6.07) is 6.08. The van der Waals surface area contributed by atoms with E-state index in [0.717, 1.165) is 37.8 Å². The largest absolute Gasteiger partial charge is 0.500 e. The van der Waals surface area contributed by atoms with Crippen LogP contribution in [0.2, 0.25) is 5.02 Å². The first-order valence-corrected chi connectivity index (χ1v) is 16.1. The molecule has 9 heteroatoms. The van der Waals surface area contributed by atoms with E-state index in [-0.39, 0.29) is 28.6 Å². The number of carbonyl (C=O) groups is 2. The first-order chi connectivity index (χ1) is 19.2. The van der Waals surface area contributed by atoms with Crippen LogP contribution in [0.3, 0.4) is 0 Å². The normalized spacial score (nSPS) is 34.2. The molecule has 5 aliphatic rings. The lowest BCUT2D eigenvalue weighted by Gasteiger charge is -2.48. The molecular weight excluding hydrogens is 548 g/mol. The third kappa shape index (κ3) is 4.94. The van der Waals surface area contributed by atoms with E-state index >= 15 is 0 Å². The second-order valence-corrected chi connectivity index (χ2v) is 14.4. The minimum Gasteiger partial charge on any atom is -0.500 e. The molecule has 1 unspecified atom stereocenters. The van der Waals surface area contributed by atoms with Crippen molar-refractivity contribution in [2.45, 2.75) is 56.1 Å². The van der Waals surface area contributed by atoms with Crippen LogP contribution in [-0.2, 0) is 36.2 Å².